The van der Waals surface area contributed by atoms with Crippen LogP contribution in [0.1, 0.15) is 32.4 Å². The highest BCUT2D eigenvalue weighted by atomic mass is 32.1. The zero-order valence-corrected chi connectivity index (χ0v) is 13.8. The Morgan fingerprint density at radius 1 is 1.35 bits per heavy atom. The lowest BCUT2D eigenvalue weighted by Gasteiger charge is -2.14. The molecule has 1 aliphatic rings. The molecule has 2 N–H and O–H groups in total. The third-order valence-electron chi connectivity index (χ3n) is 4.11. The molecule has 1 saturated heterocycles. The number of nitrogens with zero attached hydrogens (tertiary/aromatic N) is 2. The number of hydrogen-bond acceptors (Lipinski definition) is 4. The summed E-state index contributed by atoms with van der Waals surface area (Å²) in [5.41, 5.74) is 7.27. The third-order valence-corrected chi connectivity index (χ3v) is 5.26. The summed E-state index contributed by atoms with van der Waals surface area (Å²) in [6.45, 7) is 2.86. The Kier molecular flexibility index (Phi) is 4.43. The van der Waals surface area contributed by atoms with Crippen molar-refractivity contribution in [1.29, 1.82) is 0 Å². The Bertz CT molecular complexity index is 727. The average molecular weight is 329 g/mol. The lowest BCUT2D eigenvalue weighted by atomic mass is 10.1. The zero-order valence-electron chi connectivity index (χ0n) is 13.0. The van der Waals surface area contributed by atoms with Crippen LogP contribution < -0.4 is 5.73 Å². The third kappa shape index (κ3) is 3.42. The molecule has 1 atom stereocenters. The van der Waals surface area contributed by atoms with Crippen molar-refractivity contribution in [2.24, 2.45) is 11.7 Å². The standard InChI is InChI=1S/C17H19N3O2S/c1-11-15(17(22)20-8-7-13(10-20)16(18)21)23-14(19-11)9-12-5-3-2-4-6-12/h2-6,13H,7-10H2,1H3,(H2,18,21). The summed E-state index contributed by atoms with van der Waals surface area (Å²) in [7, 11) is 0. The van der Waals surface area contributed by atoms with E-state index >= 15 is 0 Å². The highest BCUT2D eigenvalue weighted by Gasteiger charge is 2.31. The molecule has 0 spiro atoms. The van der Waals surface area contributed by atoms with Gasteiger partial charge in [-0.15, -0.1) is 11.3 Å². The van der Waals surface area contributed by atoms with Gasteiger partial charge in [0.1, 0.15) is 4.88 Å². The molecule has 2 aromatic rings. The maximum Gasteiger partial charge on any atom is 0.265 e. The van der Waals surface area contributed by atoms with Crippen LogP contribution in [0.5, 0.6) is 0 Å². The van der Waals surface area contributed by atoms with E-state index in [0.717, 1.165) is 17.1 Å². The lowest BCUT2D eigenvalue weighted by Crippen LogP contribution is -2.31. The van der Waals surface area contributed by atoms with Crippen molar-refractivity contribution in [3.8, 4) is 0 Å². The number of carbonyl (C=O) groups is 2. The van der Waals surface area contributed by atoms with E-state index in [1.165, 1.54) is 16.9 Å². The predicted octanol–water partition coefficient (Wildman–Crippen LogP) is 1.99. The second kappa shape index (κ2) is 6.50. The second-order valence-electron chi connectivity index (χ2n) is 5.82. The minimum atomic E-state index is -0.328. The summed E-state index contributed by atoms with van der Waals surface area (Å²) < 4.78 is 0. The number of hydrogen-bond donors (Lipinski definition) is 1. The van der Waals surface area contributed by atoms with Crippen molar-refractivity contribution >= 4 is 23.2 Å². The first-order valence-electron chi connectivity index (χ1n) is 7.63. The molecule has 1 aliphatic heterocycles. The van der Waals surface area contributed by atoms with Crippen LogP contribution in [0.3, 0.4) is 0 Å². The Morgan fingerprint density at radius 2 is 2.09 bits per heavy atom. The molecule has 1 fully saturated rings. The van der Waals surface area contributed by atoms with Crippen molar-refractivity contribution < 1.29 is 9.59 Å². The SMILES string of the molecule is Cc1nc(Cc2ccccc2)sc1C(=O)N1CCC(C(N)=O)C1. The topological polar surface area (TPSA) is 76.3 Å². The van der Waals surface area contributed by atoms with E-state index in [9.17, 15) is 9.59 Å². The number of thiazole rings is 1. The molecular weight excluding hydrogens is 310 g/mol. The molecule has 0 saturated carbocycles. The van der Waals surface area contributed by atoms with E-state index in [2.05, 4.69) is 17.1 Å². The largest absolute Gasteiger partial charge is 0.369 e. The van der Waals surface area contributed by atoms with E-state index in [1.54, 1.807) is 4.90 Å². The lowest BCUT2D eigenvalue weighted by molar-refractivity contribution is -0.121. The predicted molar refractivity (Wildman–Crippen MR) is 89.3 cm³/mol. The van der Waals surface area contributed by atoms with Crippen LogP contribution in [0.25, 0.3) is 0 Å². The van der Waals surface area contributed by atoms with Crippen molar-refractivity contribution in [3.05, 3.63) is 51.5 Å². The smallest absolute Gasteiger partial charge is 0.265 e. The first kappa shape index (κ1) is 15.7. The molecule has 0 aliphatic carbocycles. The number of aromatic nitrogens is 1. The Balaban J connectivity index is 1.73. The summed E-state index contributed by atoms with van der Waals surface area (Å²) in [6, 6.07) is 10.1. The molecule has 0 bridgehead atoms. The van der Waals surface area contributed by atoms with Crippen molar-refractivity contribution in [2.45, 2.75) is 19.8 Å². The highest BCUT2D eigenvalue weighted by molar-refractivity contribution is 7.13. The van der Waals surface area contributed by atoms with Gasteiger partial charge in [0.25, 0.3) is 5.91 Å². The van der Waals surface area contributed by atoms with Gasteiger partial charge in [0.2, 0.25) is 5.91 Å². The molecule has 5 nitrogen and oxygen atoms in total. The number of carbonyl (C=O) groups excluding carboxylic acids is 2. The molecule has 3 rings (SSSR count). The summed E-state index contributed by atoms with van der Waals surface area (Å²) in [5, 5.41) is 0.933. The van der Waals surface area contributed by atoms with Crippen LogP contribution >= 0.6 is 11.3 Å². The molecule has 1 unspecified atom stereocenters. The van der Waals surface area contributed by atoms with E-state index in [4.69, 9.17) is 5.73 Å². The molecule has 1 aromatic heterocycles. The van der Waals surface area contributed by atoms with Crippen LogP contribution in [0.4, 0.5) is 0 Å². The highest BCUT2D eigenvalue weighted by Crippen LogP contribution is 2.25. The fraction of sp³-hybridized carbons (Fsp3) is 0.353. The van der Waals surface area contributed by atoms with Gasteiger partial charge in [0, 0.05) is 19.5 Å². The van der Waals surface area contributed by atoms with Crippen molar-refractivity contribution in [1.82, 2.24) is 9.88 Å². The fourth-order valence-corrected chi connectivity index (χ4v) is 3.88. The number of nitrogens with two attached hydrogens (primary N) is 1. The average Bonchev–Trinajstić information content (AvgIpc) is 3.15. The summed E-state index contributed by atoms with van der Waals surface area (Å²) in [4.78, 5) is 30.8. The molecule has 0 radical (unpaired) electrons. The minimum Gasteiger partial charge on any atom is -0.369 e. The van der Waals surface area contributed by atoms with Gasteiger partial charge in [-0.3, -0.25) is 9.59 Å². The van der Waals surface area contributed by atoms with Gasteiger partial charge in [-0.1, -0.05) is 30.3 Å². The normalized spacial score (nSPS) is 17.4. The van der Waals surface area contributed by atoms with Gasteiger partial charge in [-0.2, -0.15) is 0 Å². The van der Waals surface area contributed by atoms with Crippen LogP contribution in [-0.2, 0) is 11.2 Å². The number of amides is 2. The maximum absolute atomic E-state index is 12.6. The fourth-order valence-electron chi connectivity index (χ4n) is 2.82. The van der Waals surface area contributed by atoms with E-state index in [1.807, 2.05) is 25.1 Å². The molecular formula is C17H19N3O2S. The monoisotopic (exact) mass is 329 g/mol. The van der Waals surface area contributed by atoms with Gasteiger partial charge in [-0.05, 0) is 18.9 Å². The van der Waals surface area contributed by atoms with E-state index in [0.29, 0.717) is 24.4 Å². The number of aryl methyl sites for hydroxylation is 1. The minimum absolute atomic E-state index is 0.0388. The molecule has 1 aromatic carbocycles. The van der Waals surface area contributed by atoms with Crippen LogP contribution in [0, 0.1) is 12.8 Å². The van der Waals surface area contributed by atoms with Crippen molar-refractivity contribution in [3.63, 3.8) is 0 Å². The zero-order chi connectivity index (χ0) is 16.4. The van der Waals surface area contributed by atoms with E-state index < -0.39 is 0 Å². The van der Waals surface area contributed by atoms with Crippen LogP contribution in [-0.4, -0.2) is 34.8 Å². The van der Waals surface area contributed by atoms with Gasteiger partial charge in [0.05, 0.1) is 16.6 Å². The molecule has 6 heteroatoms. The van der Waals surface area contributed by atoms with Crippen molar-refractivity contribution in [2.75, 3.05) is 13.1 Å². The second-order valence-corrected chi connectivity index (χ2v) is 6.91. The van der Waals surface area contributed by atoms with Crippen LogP contribution in [0.2, 0.25) is 0 Å². The molecule has 2 amide bonds. The summed E-state index contributed by atoms with van der Waals surface area (Å²) >= 11 is 1.44. The van der Waals surface area contributed by atoms with E-state index in [-0.39, 0.29) is 17.7 Å². The Hall–Kier alpha value is -2.21. The van der Waals surface area contributed by atoms with Gasteiger partial charge >= 0.3 is 0 Å². The van der Waals surface area contributed by atoms with Gasteiger partial charge < -0.3 is 10.6 Å². The van der Waals surface area contributed by atoms with Gasteiger partial charge in [-0.25, -0.2) is 4.98 Å². The summed E-state index contributed by atoms with van der Waals surface area (Å²) in [6.07, 6.45) is 1.37. The quantitative estimate of drug-likeness (QED) is 0.932. The van der Waals surface area contributed by atoms with Crippen LogP contribution in [0.15, 0.2) is 30.3 Å². The number of likely N-dealkylation sites (tertiary alicyclic amines) is 1. The maximum atomic E-state index is 12.6. The first-order chi connectivity index (χ1) is 11.0. The molecule has 23 heavy (non-hydrogen) atoms. The first-order valence-corrected chi connectivity index (χ1v) is 8.45. The number of rotatable bonds is 4. The Morgan fingerprint density at radius 3 is 2.74 bits per heavy atom. The number of benzene rings is 1. The Labute approximate surface area is 139 Å². The number of primary amides is 1. The summed E-state index contributed by atoms with van der Waals surface area (Å²) in [5.74, 6) is -0.592. The molecule has 120 valence electrons. The van der Waals surface area contributed by atoms with Gasteiger partial charge in [0.15, 0.2) is 0 Å². The molecule has 2 heterocycles.